The van der Waals surface area contributed by atoms with Crippen LogP contribution in [0.15, 0.2) is 18.2 Å². The van der Waals surface area contributed by atoms with E-state index in [-0.39, 0.29) is 24.2 Å². The first-order chi connectivity index (χ1) is 7.16. The van der Waals surface area contributed by atoms with Gasteiger partial charge in [0.25, 0.3) is 0 Å². The lowest BCUT2D eigenvalue weighted by Gasteiger charge is -2.24. The fraction of sp³-hybridized carbons (Fsp3) is 0.364. The zero-order chi connectivity index (χ0) is 10.8. The van der Waals surface area contributed by atoms with Gasteiger partial charge in [-0.3, -0.25) is 0 Å². The number of hydrogen-bond acceptors (Lipinski definition) is 3. The Kier molecular flexibility index (Phi) is 4.01. The summed E-state index contributed by atoms with van der Waals surface area (Å²) in [6.07, 6.45) is 0.258. The van der Waals surface area contributed by atoms with Gasteiger partial charge in [0.1, 0.15) is 5.75 Å². The molecular formula is C11H14ClNO3. The normalized spacial score (nSPS) is 19.3. The van der Waals surface area contributed by atoms with Crippen LogP contribution in [0.4, 0.5) is 4.79 Å². The van der Waals surface area contributed by atoms with E-state index >= 15 is 0 Å². The number of phenols is 1. The van der Waals surface area contributed by atoms with Crippen LogP contribution in [0.2, 0.25) is 0 Å². The van der Waals surface area contributed by atoms with E-state index in [1.165, 1.54) is 0 Å². The van der Waals surface area contributed by atoms with E-state index in [2.05, 4.69) is 5.32 Å². The number of aromatic hydroxyl groups is 1. The number of amides is 1. The Morgan fingerprint density at radius 3 is 2.88 bits per heavy atom. The van der Waals surface area contributed by atoms with Gasteiger partial charge in [-0.05, 0) is 18.6 Å². The second-order valence-electron chi connectivity index (χ2n) is 3.68. The van der Waals surface area contributed by atoms with Crippen molar-refractivity contribution in [1.29, 1.82) is 0 Å². The van der Waals surface area contributed by atoms with Crippen LogP contribution in [0.25, 0.3) is 0 Å². The number of carbonyl (C=O) groups excluding carboxylic acids is 1. The summed E-state index contributed by atoms with van der Waals surface area (Å²) >= 11 is 0. The van der Waals surface area contributed by atoms with Crippen LogP contribution in [0.5, 0.6) is 5.75 Å². The quantitative estimate of drug-likeness (QED) is 0.796. The van der Waals surface area contributed by atoms with Gasteiger partial charge in [-0.25, -0.2) is 4.79 Å². The number of nitrogens with one attached hydrogen (secondary N) is 1. The van der Waals surface area contributed by atoms with Gasteiger partial charge in [0.15, 0.2) is 0 Å². The highest BCUT2D eigenvalue weighted by molar-refractivity contribution is 5.85. The summed E-state index contributed by atoms with van der Waals surface area (Å²) in [5.41, 5.74) is 1.74. The van der Waals surface area contributed by atoms with Gasteiger partial charge in [-0.2, -0.15) is 0 Å². The van der Waals surface area contributed by atoms with Crippen molar-refractivity contribution in [3.8, 4) is 5.75 Å². The number of phenolic OH excluding ortho intramolecular Hbond substituents is 1. The van der Waals surface area contributed by atoms with E-state index in [1.807, 2.05) is 19.1 Å². The summed E-state index contributed by atoms with van der Waals surface area (Å²) in [6.45, 7) is 2.30. The standard InChI is InChI=1S/C11H13NO3.ClH/c1-7-2-3-8(10(13)6-7)9-4-5-15-11(14)12-9;/h2-3,6,9,13H,4-5H2,1H3,(H,12,14);1H/t9-;/m1./s1. The minimum Gasteiger partial charge on any atom is -0.508 e. The lowest BCUT2D eigenvalue weighted by molar-refractivity contribution is 0.115. The Morgan fingerprint density at radius 2 is 2.25 bits per heavy atom. The molecule has 1 fully saturated rings. The van der Waals surface area contributed by atoms with Crippen molar-refractivity contribution in [3.05, 3.63) is 29.3 Å². The average Bonchev–Trinajstić information content (AvgIpc) is 2.17. The molecule has 0 unspecified atom stereocenters. The number of aryl methyl sites for hydroxylation is 1. The fourth-order valence-corrected chi connectivity index (χ4v) is 1.71. The van der Waals surface area contributed by atoms with Crippen LogP contribution in [-0.4, -0.2) is 17.8 Å². The van der Waals surface area contributed by atoms with Crippen molar-refractivity contribution in [3.63, 3.8) is 0 Å². The number of rotatable bonds is 1. The zero-order valence-electron chi connectivity index (χ0n) is 8.90. The number of ether oxygens (including phenoxy) is 1. The summed E-state index contributed by atoms with van der Waals surface area (Å²) in [7, 11) is 0. The topological polar surface area (TPSA) is 58.6 Å². The van der Waals surface area contributed by atoms with Crippen LogP contribution in [0.1, 0.15) is 23.6 Å². The first-order valence-electron chi connectivity index (χ1n) is 4.89. The molecule has 0 bridgehead atoms. The van der Waals surface area contributed by atoms with Gasteiger partial charge in [0.05, 0.1) is 12.6 Å². The first kappa shape index (κ1) is 12.6. The maximum atomic E-state index is 11.0. The van der Waals surface area contributed by atoms with E-state index in [0.717, 1.165) is 11.1 Å². The second-order valence-corrected chi connectivity index (χ2v) is 3.68. The summed E-state index contributed by atoms with van der Waals surface area (Å²) in [6, 6.07) is 5.29. The highest BCUT2D eigenvalue weighted by Gasteiger charge is 2.22. The van der Waals surface area contributed by atoms with Crippen LogP contribution in [0.3, 0.4) is 0 Å². The van der Waals surface area contributed by atoms with Gasteiger partial charge >= 0.3 is 6.09 Å². The Hall–Kier alpha value is -1.42. The van der Waals surface area contributed by atoms with Crippen LogP contribution in [-0.2, 0) is 4.74 Å². The van der Waals surface area contributed by atoms with Gasteiger partial charge in [-0.1, -0.05) is 12.1 Å². The van der Waals surface area contributed by atoms with Crippen molar-refractivity contribution in [2.75, 3.05) is 6.61 Å². The third kappa shape index (κ3) is 2.58. The van der Waals surface area contributed by atoms with Crippen molar-refractivity contribution in [2.45, 2.75) is 19.4 Å². The van der Waals surface area contributed by atoms with Crippen LogP contribution in [0, 0.1) is 6.92 Å². The second kappa shape index (κ2) is 5.07. The maximum Gasteiger partial charge on any atom is 0.407 e. The van der Waals surface area contributed by atoms with E-state index in [4.69, 9.17) is 4.74 Å². The largest absolute Gasteiger partial charge is 0.508 e. The molecule has 88 valence electrons. The third-order valence-electron chi connectivity index (χ3n) is 2.49. The summed E-state index contributed by atoms with van der Waals surface area (Å²) in [5, 5.41) is 12.4. The highest BCUT2D eigenvalue weighted by atomic mass is 35.5. The molecule has 0 aliphatic carbocycles. The number of halogens is 1. The zero-order valence-corrected chi connectivity index (χ0v) is 9.71. The summed E-state index contributed by atoms with van der Waals surface area (Å²) in [4.78, 5) is 11.0. The number of carbonyl (C=O) groups is 1. The molecule has 1 saturated heterocycles. The lowest BCUT2D eigenvalue weighted by atomic mass is 10.0. The summed E-state index contributed by atoms with van der Waals surface area (Å²) in [5.74, 6) is 0.224. The van der Waals surface area contributed by atoms with Gasteiger partial charge < -0.3 is 15.2 Å². The van der Waals surface area contributed by atoms with Crippen molar-refractivity contribution < 1.29 is 14.6 Å². The van der Waals surface area contributed by atoms with E-state index in [1.54, 1.807) is 6.07 Å². The molecule has 1 aliphatic heterocycles. The van der Waals surface area contributed by atoms with Crippen LogP contribution < -0.4 is 5.32 Å². The molecule has 1 aliphatic rings. The molecule has 1 amide bonds. The Labute approximate surface area is 100 Å². The molecule has 1 heterocycles. The van der Waals surface area contributed by atoms with Crippen molar-refractivity contribution >= 4 is 18.5 Å². The fourth-order valence-electron chi connectivity index (χ4n) is 1.71. The molecule has 0 aromatic heterocycles. The molecular weight excluding hydrogens is 230 g/mol. The smallest absolute Gasteiger partial charge is 0.407 e. The Morgan fingerprint density at radius 1 is 1.50 bits per heavy atom. The Bertz CT molecular complexity index is 395. The molecule has 1 aromatic carbocycles. The maximum absolute atomic E-state index is 11.0. The predicted molar refractivity (Wildman–Crippen MR) is 61.9 cm³/mol. The van der Waals surface area contributed by atoms with Gasteiger partial charge in [-0.15, -0.1) is 12.4 Å². The molecule has 0 spiro atoms. The number of hydrogen-bond donors (Lipinski definition) is 2. The minimum atomic E-state index is -0.425. The number of benzene rings is 1. The molecule has 1 aromatic rings. The van der Waals surface area contributed by atoms with E-state index < -0.39 is 6.09 Å². The molecule has 16 heavy (non-hydrogen) atoms. The molecule has 0 saturated carbocycles. The minimum absolute atomic E-state index is 0. The molecule has 2 rings (SSSR count). The number of cyclic esters (lactones) is 1. The van der Waals surface area contributed by atoms with Crippen LogP contribution >= 0.6 is 12.4 Å². The molecule has 5 heteroatoms. The monoisotopic (exact) mass is 243 g/mol. The predicted octanol–water partition coefficient (Wildman–Crippen LogP) is 2.29. The molecule has 1 atom stereocenters. The van der Waals surface area contributed by atoms with E-state index in [0.29, 0.717) is 13.0 Å². The molecule has 2 N–H and O–H groups in total. The first-order valence-corrected chi connectivity index (χ1v) is 4.89. The summed E-state index contributed by atoms with van der Waals surface area (Å²) < 4.78 is 4.76. The Balaban J connectivity index is 0.00000128. The average molecular weight is 244 g/mol. The highest BCUT2D eigenvalue weighted by Crippen LogP contribution is 2.28. The van der Waals surface area contributed by atoms with Crippen molar-refractivity contribution in [2.24, 2.45) is 0 Å². The van der Waals surface area contributed by atoms with Crippen molar-refractivity contribution in [1.82, 2.24) is 5.32 Å². The third-order valence-corrected chi connectivity index (χ3v) is 2.49. The lowest BCUT2D eigenvalue weighted by Crippen LogP contribution is -2.35. The van der Waals surface area contributed by atoms with Gasteiger partial charge in [0.2, 0.25) is 0 Å². The SMILES string of the molecule is Cc1ccc([C@H]2CCOC(=O)N2)c(O)c1.Cl. The van der Waals surface area contributed by atoms with E-state index in [9.17, 15) is 9.90 Å². The molecule has 0 radical (unpaired) electrons. The number of alkyl carbamates (subject to hydrolysis) is 1. The molecule has 4 nitrogen and oxygen atoms in total. The van der Waals surface area contributed by atoms with Gasteiger partial charge in [0, 0.05) is 12.0 Å².